The van der Waals surface area contributed by atoms with Crippen molar-refractivity contribution in [1.82, 2.24) is 0 Å². The Hall–Kier alpha value is -0.960. The van der Waals surface area contributed by atoms with Crippen LogP contribution in [0, 0.1) is 0 Å². The monoisotopic (exact) mass is 211 g/mol. The van der Waals surface area contributed by atoms with Crippen LogP contribution in [0.1, 0.15) is 46.0 Å². The average Bonchev–Trinajstić information content (AvgIpc) is 2.17. The number of hydrogen-bond acceptors (Lipinski definition) is 3. The molecule has 3 nitrogen and oxygen atoms in total. The summed E-state index contributed by atoms with van der Waals surface area (Å²) >= 11 is 0. The van der Waals surface area contributed by atoms with Crippen LogP contribution < -0.4 is 5.73 Å². The van der Waals surface area contributed by atoms with Gasteiger partial charge in [0.2, 0.25) is 0 Å². The summed E-state index contributed by atoms with van der Waals surface area (Å²) in [6.07, 6.45) is 5.22. The van der Waals surface area contributed by atoms with E-state index in [1.165, 1.54) is 0 Å². The summed E-state index contributed by atoms with van der Waals surface area (Å²) in [5, 5.41) is 0. The maximum Gasteiger partial charge on any atom is 0.155 e. The van der Waals surface area contributed by atoms with Gasteiger partial charge < -0.3 is 5.73 Å². The Kier molecular flexibility index (Phi) is 7.82. The minimum Gasteiger partial charge on any atom is -0.330 e. The number of carbonyl (C=O) groups is 2. The second-order valence-electron chi connectivity index (χ2n) is 3.75. The highest BCUT2D eigenvalue weighted by molar-refractivity contribution is 5.91. The lowest BCUT2D eigenvalue weighted by Gasteiger charge is -2.04. The van der Waals surface area contributed by atoms with Gasteiger partial charge in [0.15, 0.2) is 5.78 Å². The van der Waals surface area contributed by atoms with Gasteiger partial charge in [-0.15, -0.1) is 0 Å². The van der Waals surface area contributed by atoms with Crippen LogP contribution in [0.15, 0.2) is 11.6 Å². The minimum absolute atomic E-state index is 0.0963. The lowest BCUT2D eigenvalue weighted by Crippen LogP contribution is -2.01. The van der Waals surface area contributed by atoms with E-state index >= 15 is 0 Å². The summed E-state index contributed by atoms with van der Waals surface area (Å²) in [4.78, 5) is 22.2. The van der Waals surface area contributed by atoms with Crippen LogP contribution in [-0.4, -0.2) is 18.1 Å². The molecule has 0 radical (unpaired) electrons. The fraction of sp³-hybridized carbons (Fsp3) is 0.667. The molecule has 0 aliphatic rings. The summed E-state index contributed by atoms with van der Waals surface area (Å²) in [5.41, 5.74) is 6.34. The number of nitrogens with two attached hydrogens (primary N) is 1. The van der Waals surface area contributed by atoms with Crippen molar-refractivity contribution in [3.8, 4) is 0 Å². The molecule has 0 spiro atoms. The molecule has 0 saturated carbocycles. The summed E-state index contributed by atoms with van der Waals surface area (Å²) < 4.78 is 0. The summed E-state index contributed by atoms with van der Waals surface area (Å²) in [5.74, 6) is 0.205. The molecule has 0 saturated heterocycles. The van der Waals surface area contributed by atoms with Gasteiger partial charge >= 0.3 is 0 Å². The number of ketones is 2. The van der Waals surface area contributed by atoms with Crippen molar-refractivity contribution in [2.45, 2.75) is 46.0 Å². The number of unbranched alkanes of at least 4 members (excludes halogenated alkanes) is 1. The molecular weight excluding hydrogens is 190 g/mol. The molecule has 0 heterocycles. The van der Waals surface area contributed by atoms with E-state index in [9.17, 15) is 9.59 Å². The van der Waals surface area contributed by atoms with Crippen molar-refractivity contribution in [3.63, 3.8) is 0 Å². The lowest BCUT2D eigenvalue weighted by atomic mass is 10.0. The molecule has 2 N–H and O–H groups in total. The molecule has 15 heavy (non-hydrogen) atoms. The Morgan fingerprint density at radius 3 is 2.40 bits per heavy atom. The zero-order chi connectivity index (χ0) is 11.7. The zero-order valence-corrected chi connectivity index (χ0v) is 9.71. The smallest absolute Gasteiger partial charge is 0.155 e. The largest absolute Gasteiger partial charge is 0.330 e. The summed E-state index contributed by atoms with van der Waals surface area (Å²) in [7, 11) is 0. The highest BCUT2D eigenvalue weighted by atomic mass is 16.1. The first-order valence-electron chi connectivity index (χ1n) is 5.52. The molecule has 3 heteroatoms. The van der Waals surface area contributed by atoms with E-state index < -0.39 is 0 Å². The quantitative estimate of drug-likeness (QED) is 0.493. The first-order chi connectivity index (χ1) is 7.10. The third-order valence-electron chi connectivity index (χ3n) is 2.14. The number of allylic oxidation sites excluding steroid dienone is 2. The lowest BCUT2D eigenvalue weighted by molar-refractivity contribution is -0.116. The number of rotatable bonds is 8. The molecule has 0 aromatic heterocycles. The highest BCUT2D eigenvalue weighted by Crippen LogP contribution is 2.12. The molecule has 0 rings (SSSR count). The fourth-order valence-electron chi connectivity index (χ4n) is 1.36. The SMILES string of the molecule is CCC(=O)C=C(CCCCN)CC(C)=O. The Morgan fingerprint density at radius 2 is 1.93 bits per heavy atom. The van der Waals surface area contributed by atoms with Crippen molar-refractivity contribution >= 4 is 11.6 Å². The van der Waals surface area contributed by atoms with Gasteiger partial charge in [0.05, 0.1) is 0 Å². The average molecular weight is 211 g/mol. The topological polar surface area (TPSA) is 60.2 Å². The standard InChI is InChI=1S/C12H21NO2/c1-3-12(15)9-11(8-10(2)14)6-4-5-7-13/h9H,3-8,13H2,1-2H3. The van der Waals surface area contributed by atoms with Gasteiger partial charge in [0, 0.05) is 12.8 Å². The molecule has 0 aliphatic carbocycles. The van der Waals surface area contributed by atoms with Crippen molar-refractivity contribution in [3.05, 3.63) is 11.6 Å². The Balaban J connectivity index is 4.23. The third-order valence-corrected chi connectivity index (χ3v) is 2.14. The second kappa shape index (κ2) is 8.36. The molecule has 0 fully saturated rings. The van der Waals surface area contributed by atoms with Gasteiger partial charge in [0.25, 0.3) is 0 Å². The second-order valence-corrected chi connectivity index (χ2v) is 3.75. The Labute approximate surface area is 91.7 Å². The van der Waals surface area contributed by atoms with Crippen LogP contribution in [0.5, 0.6) is 0 Å². The van der Waals surface area contributed by atoms with E-state index in [0.717, 1.165) is 24.8 Å². The third kappa shape index (κ3) is 8.06. The maximum absolute atomic E-state index is 11.2. The van der Waals surface area contributed by atoms with Gasteiger partial charge in [-0.3, -0.25) is 9.59 Å². The number of Topliss-reactive ketones (excluding diaryl/α,β-unsaturated/α-hetero) is 1. The molecule has 0 aliphatic heterocycles. The van der Waals surface area contributed by atoms with E-state index in [1.54, 1.807) is 13.0 Å². The van der Waals surface area contributed by atoms with Gasteiger partial charge in [-0.1, -0.05) is 12.5 Å². The van der Waals surface area contributed by atoms with Crippen molar-refractivity contribution in [1.29, 1.82) is 0 Å². The van der Waals surface area contributed by atoms with E-state index in [0.29, 0.717) is 19.4 Å². The van der Waals surface area contributed by atoms with E-state index in [-0.39, 0.29) is 11.6 Å². The normalized spacial score (nSPS) is 11.5. The van der Waals surface area contributed by atoms with Crippen LogP contribution in [0.4, 0.5) is 0 Å². The van der Waals surface area contributed by atoms with E-state index in [4.69, 9.17) is 5.73 Å². The number of hydrogen-bond donors (Lipinski definition) is 1. The van der Waals surface area contributed by atoms with E-state index in [1.807, 2.05) is 6.92 Å². The molecule has 0 bridgehead atoms. The fourth-order valence-corrected chi connectivity index (χ4v) is 1.36. The summed E-state index contributed by atoms with van der Waals surface area (Å²) in [6, 6.07) is 0. The molecule has 0 amide bonds. The van der Waals surface area contributed by atoms with Gasteiger partial charge in [-0.05, 0) is 38.8 Å². The first-order valence-corrected chi connectivity index (χ1v) is 5.52. The maximum atomic E-state index is 11.2. The predicted octanol–water partition coefficient (Wildman–Crippen LogP) is 2.00. The van der Waals surface area contributed by atoms with Crippen LogP contribution >= 0.6 is 0 Å². The van der Waals surface area contributed by atoms with Crippen molar-refractivity contribution in [2.24, 2.45) is 5.73 Å². The minimum atomic E-state index is 0.0963. The van der Waals surface area contributed by atoms with Crippen molar-refractivity contribution < 1.29 is 9.59 Å². The van der Waals surface area contributed by atoms with Gasteiger partial charge in [0.1, 0.15) is 5.78 Å². The van der Waals surface area contributed by atoms with Crippen molar-refractivity contribution in [2.75, 3.05) is 6.54 Å². The van der Waals surface area contributed by atoms with Crippen LogP contribution in [0.25, 0.3) is 0 Å². The van der Waals surface area contributed by atoms with Crippen LogP contribution in [0.2, 0.25) is 0 Å². The molecule has 0 aromatic carbocycles. The molecular formula is C12H21NO2. The summed E-state index contributed by atoms with van der Waals surface area (Å²) in [6.45, 7) is 4.03. The molecule has 86 valence electrons. The Bertz CT molecular complexity index is 244. The van der Waals surface area contributed by atoms with E-state index in [2.05, 4.69) is 0 Å². The van der Waals surface area contributed by atoms with Gasteiger partial charge in [-0.2, -0.15) is 0 Å². The van der Waals surface area contributed by atoms with Gasteiger partial charge in [-0.25, -0.2) is 0 Å². The zero-order valence-electron chi connectivity index (χ0n) is 9.71. The first kappa shape index (κ1) is 14.0. The number of carbonyl (C=O) groups excluding carboxylic acids is 2. The van der Waals surface area contributed by atoms with Crippen LogP contribution in [-0.2, 0) is 9.59 Å². The molecule has 0 atom stereocenters. The Morgan fingerprint density at radius 1 is 1.27 bits per heavy atom. The molecule has 0 aromatic rings. The molecule has 0 unspecified atom stereocenters. The predicted molar refractivity (Wildman–Crippen MR) is 61.6 cm³/mol. The highest BCUT2D eigenvalue weighted by Gasteiger charge is 2.04. The van der Waals surface area contributed by atoms with Crippen LogP contribution in [0.3, 0.4) is 0 Å².